The highest BCUT2D eigenvalue weighted by atomic mass is 16.2. The minimum Gasteiger partial charge on any atom is -0.361 e. The van der Waals surface area contributed by atoms with Gasteiger partial charge in [0, 0.05) is 41.3 Å². The van der Waals surface area contributed by atoms with E-state index in [1.807, 2.05) is 53.4 Å². The number of hydrogen-bond donors (Lipinski definition) is 2. The van der Waals surface area contributed by atoms with Crippen molar-refractivity contribution in [2.45, 2.75) is 25.8 Å². The number of rotatable bonds is 6. The van der Waals surface area contributed by atoms with Crippen molar-refractivity contribution in [3.63, 3.8) is 0 Å². The summed E-state index contributed by atoms with van der Waals surface area (Å²) in [5.74, 6) is -0.139. The molecule has 0 spiro atoms. The molecule has 0 saturated carbocycles. The van der Waals surface area contributed by atoms with Crippen molar-refractivity contribution in [2.24, 2.45) is 0 Å². The third kappa shape index (κ3) is 4.90. The lowest BCUT2D eigenvalue weighted by molar-refractivity contribution is -0.131. The van der Waals surface area contributed by atoms with Crippen LogP contribution >= 0.6 is 0 Å². The summed E-state index contributed by atoms with van der Waals surface area (Å²) in [6.45, 7) is 3.37. The van der Waals surface area contributed by atoms with Crippen molar-refractivity contribution >= 4 is 28.3 Å². The zero-order valence-corrected chi connectivity index (χ0v) is 19.8. The van der Waals surface area contributed by atoms with Gasteiger partial charge >= 0.3 is 0 Å². The monoisotopic (exact) mass is 463 g/mol. The molecule has 176 valence electrons. The predicted octanol–water partition coefficient (Wildman–Crippen LogP) is 5.65. The molecule has 0 fully saturated rings. The third-order valence-corrected chi connectivity index (χ3v) is 6.74. The fourth-order valence-corrected chi connectivity index (χ4v) is 4.83. The fourth-order valence-electron chi connectivity index (χ4n) is 4.83. The lowest BCUT2D eigenvalue weighted by Gasteiger charge is -2.29. The van der Waals surface area contributed by atoms with E-state index in [9.17, 15) is 9.59 Å². The van der Waals surface area contributed by atoms with Crippen LogP contribution in [0.15, 0.2) is 91.1 Å². The molecule has 0 saturated heterocycles. The number of aromatic amines is 1. The van der Waals surface area contributed by atoms with Gasteiger partial charge in [0.25, 0.3) is 5.91 Å². The zero-order valence-electron chi connectivity index (χ0n) is 19.8. The van der Waals surface area contributed by atoms with Gasteiger partial charge in [-0.25, -0.2) is 0 Å². The molecule has 0 bridgehead atoms. The Labute approximate surface area is 205 Å². The molecule has 5 rings (SSSR count). The molecule has 2 amide bonds. The molecule has 0 radical (unpaired) electrons. The van der Waals surface area contributed by atoms with Crippen LogP contribution in [0.2, 0.25) is 0 Å². The van der Waals surface area contributed by atoms with Crippen LogP contribution in [-0.4, -0.2) is 34.8 Å². The zero-order chi connectivity index (χ0) is 24.2. The second-order valence-electron chi connectivity index (χ2n) is 9.03. The van der Waals surface area contributed by atoms with E-state index in [0.717, 1.165) is 17.5 Å². The number of fused-ring (bicyclic) bond motifs is 1. The number of carbonyl (C=O) groups excluding carboxylic acids is 2. The maximum Gasteiger partial charge on any atom is 0.251 e. The molecule has 35 heavy (non-hydrogen) atoms. The van der Waals surface area contributed by atoms with Gasteiger partial charge in [-0.05, 0) is 48.2 Å². The first-order valence-electron chi connectivity index (χ1n) is 12.0. The maximum absolute atomic E-state index is 13.3. The Bertz CT molecular complexity index is 1370. The van der Waals surface area contributed by atoms with Crippen molar-refractivity contribution in [3.05, 3.63) is 113 Å². The van der Waals surface area contributed by atoms with Crippen molar-refractivity contribution in [2.75, 3.05) is 13.1 Å². The highest BCUT2D eigenvalue weighted by molar-refractivity contribution is 5.96. The van der Waals surface area contributed by atoms with E-state index in [2.05, 4.69) is 47.7 Å². The number of benzene rings is 3. The largest absolute Gasteiger partial charge is 0.361 e. The number of carbonyl (C=O) groups is 2. The van der Waals surface area contributed by atoms with E-state index >= 15 is 0 Å². The van der Waals surface area contributed by atoms with Crippen LogP contribution < -0.4 is 5.32 Å². The van der Waals surface area contributed by atoms with E-state index in [-0.39, 0.29) is 18.2 Å². The summed E-state index contributed by atoms with van der Waals surface area (Å²) in [5, 5.41) is 4.33. The summed E-state index contributed by atoms with van der Waals surface area (Å²) in [5.41, 5.74) is 6.39. The number of aryl methyl sites for hydroxylation is 1. The van der Waals surface area contributed by atoms with Gasteiger partial charge < -0.3 is 15.2 Å². The van der Waals surface area contributed by atoms with Crippen LogP contribution in [0.5, 0.6) is 0 Å². The molecule has 0 aliphatic carbocycles. The summed E-state index contributed by atoms with van der Waals surface area (Å²) in [6.07, 6.45) is 5.26. The first-order valence-corrected chi connectivity index (χ1v) is 12.0. The molecule has 0 unspecified atom stereocenters. The minimum absolute atomic E-state index is 0.0395. The van der Waals surface area contributed by atoms with Gasteiger partial charge in [0.15, 0.2) is 0 Å². The molecule has 5 heteroatoms. The molecule has 4 aromatic rings. The lowest BCUT2D eigenvalue weighted by atomic mass is 9.96. The minimum atomic E-state index is -0.391. The molecule has 1 aliphatic heterocycles. The lowest BCUT2D eigenvalue weighted by Crippen LogP contribution is -2.38. The summed E-state index contributed by atoms with van der Waals surface area (Å²) in [4.78, 5) is 31.4. The summed E-state index contributed by atoms with van der Waals surface area (Å²) < 4.78 is 0. The first-order chi connectivity index (χ1) is 17.1. The summed E-state index contributed by atoms with van der Waals surface area (Å²) >= 11 is 0. The maximum atomic E-state index is 13.3. The highest BCUT2D eigenvalue weighted by Crippen LogP contribution is 2.31. The average molecular weight is 464 g/mol. The number of hydrogen-bond acceptors (Lipinski definition) is 2. The van der Waals surface area contributed by atoms with Crippen LogP contribution in [0.3, 0.4) is 0 Å². The molecule has 3 aromatic carbocycles. The molecule has 2 N–H and O–H groups in total. The Balaban J connectivity index is 1.30. The number of nitrogens with one attached hydrogen (secondary N) is 2. The SMILES string of the molecule is Cc1cccc2[nH]cc(C3=CCN(C(=O)C[C@@H](NC(=O)c4ccccc4)c4ccccc4)CC3)c12. The van der Waals surface area contributed by atoms with Gasteiger partial charge in [0.05, 0.1) is 12.5 Å². The fraction of sp³-hybridized carbons (Fsp3) is 0.200. The van der Waals surface area contributed by atoms with E-state index < -0.39 is 6.04 Å². The quantitative estimate of drug-likeness (QED) is 0.388. The molecule has 2 heterocycles. The van der Waals surface area contributed by atoms with Crippen LogP contribution in [0.4, 0.5) is 0 Å². The normalized spacial score (nSPS) is 14.4. The van der Waals surface area contributed by atoms with Crippen LogP contribution in [-0.2, 0) is 4.79 Å². The van der Waals surface area contributed by atoms with E-state index in [1.165, 1.54) is 22.1 Å². The molecule has 1 aliphatic rings. The topological polar surface area (TPSA) is 65.2 Å². The van der Waals surface area contributed by atoms with Gasteiger partial charge in [0.1, 0.15) is 0 Å². The van der Waals surface area contributed by atoms with Crippen LogP contribution in [0.1, 0.15) is 45.9 Å². The number of aromatic nitrogens is 1. The van der Waals surface area contributed by atoms with Gasteiger partial charge in [-0.2, -0.15) is 0 Å². The number of nitrogens with zero attached hydrogens (tertiary/aromatic N) is 1. The third-order valence-electron chi connectivity index (χ3n) is 6.74. The molecular formula is C30H29N3O2. The molecular weight excluding hydrogens is 434 g/mol. The van der Waals surface area contributed by atoms with E-state index in [4.69, 9.17) is 0 Å². The first kappa shape index (κ1) is 22.7. The van der Waals surface area contributed by atoms with Gasteiger partial charge in [-0.3, -0.25) is 9.59 Å². The van der Waals surface area contributed by atoms with Gasteiger partial charge in [-0.1, -0.05) is 66.7 Å². The van der Waals surface area contributed by atoms with Gasteiger partial charge in [-0.15, -0.1) is 0 Å². The van der Waals surface area contributed by atoms with Crippen molar-refractivity contribution < 1.29 is 9.59 Å². The Hall–Kier alpha value is -4.12. The summed E-state index contributed by atoms with van der Waals surface area (Å²) in [7, 11) is 0. The second kappa shape index (κ2) is 10.0. The van der Waals surface area contributed by atoms with E-state index in [1.54, 1.807) is 12.1 Å². The molecule has 5 nitrogen and oxygen atoms in total. The predicted molar refractivity (Wildman–Crippen MR) is 140 cm³/mol. The van der Waals surface area contributed by atoms with Crippen molar-refractivity contribution in [3.8, 4) is 0 Å². The highest BCUT2D eigenvalue weighted by Gasteiger charge is 2.25. The standard InChI is InChI=1S/C30H29N3O2/c1-21-9-8-14-26-29(21)25(20-31-26)22-15-17-33(18-16-22)28(34)19-27(23-10-4-2-5-11-23)32-30(35)24-12-6-3-7-13-24/h2-15,20,27,31H,16-19H2,1H3,(H,32,35)/t27-/m1/s1. The van der Waals surface area contributed by atoms with Crippen LogP contribution in [0, 0.1) is 6.92 Å². The Morgan fingerprint density at radius 1 is 0.971 bits per heavy atom. The van der Waals surface area contributed by atoms with Crippen molar-refractivity contribution in [1.29, 1.82) is 0 Å². The Kier molecular flexibility index (Phi) is 6.49. The van der Waals surface area contributed by atoms with E-state index in [0.29, 0.717) is 18.7 Å². The second-order valence-corrected chi connectivity index (χ2v) is 9.03. The Morgan fingerprint density at radius 2 is 1.71 bits per heavy atom. The Morgan fingerprint density at radius 3 is 2.43 bits per heavy atom. The smallest absolute Gasteiger partial charge is 0.251 e. The number of amides is 2. The van der Waals surface area contributed by atoms with Crippen molar-refractivity contribution in [1.82, 2.24) is 15.2 Å². The van der Waals surface area contributed by atoms with Crippen LogP contribution in [0.25, 0.3) is 16.5 Å². The average Bonchev–Trinajstić information content (AvgIpc) is 3.35. The summed E-state index contributed by atoms with van der Waals surface area (Å²) in [6, 6.07) is 24.7. The number of H-pyrrole nitrogens is 1. The molecule has 1 atom stereocenters. The van der Waals surface area contributed by atoms with Gasteiger partial charge in [0.2, 0.25) is 5.91 Å². The molecule has 1 aromatic heterocycles.